The van der Waals surface area contributed by atoms with E-state index in [0.717, 1.165) is 55.1 Å². The summed E-state index contributed by atoms with van der Waals surface area (Å²) in [5.41, 5.74) is 2.31. The maximum absolute atomic E-state index is 12.5. The van der Waals surface area contributed by atoms with Crippen molar-refractivity contribution in [1.82, 2.24) is 9.88 Å². The molecule has 2 aliphatic rings. The van der Waals surface area contributed by atoms with Crippen molar-refractivity contribution < 1.29 is 24.2 Å². The van der Waals surface area contributed by atoms with E-state index < -0.39 is 11.9 Å². The second kappa shape index (κ2) is 9.64. The molecule has 0 radical (unpaired) electrons. The Morgan fingerprint density at radius 1 is 1.03 bits per heavy atom. The van der Waals surface area contributed by atoms with Gasteiger partial charge in [0.25, 0.3) is 0 Å². The minimum absolute atomic E-state index is 0.0964. The molecule has 2 aliphatic heterocycles. The Morgan fingerprint density at radius 3 is 2.51 bits per heavy atom. The van der Waals surface area contributed by atoms with Crippen LogP contribution in [0.5, 0.6) is 11.5 Å². The molecule has 1 saturated heterocycles. The van der Waals surface area contributed by atoms with E-state index in [2.05, 4.69) is 23.6 Å². The number of pyridine rings is 1. The summed E-state index contributed by atoms with van der Waals surface area (Å²) < 4.78 is 11.0. The molecule has 1 N–H and O–H groups in total. The number of carbonyl (C=O) groups excluding carboxylic acids is 2. The number of hydrogen-bond acceptors (Lipinski definition) is 8. The van der Waals surface area contributed by atoms with E-state index in [1.807, 2.05) is 30.3 Å². The van der Waals surface area contributed by atoms with Gasteiger partial charge in [0.2, 0.25) is 0 Å². The SMILES string of the molecule is CCN1CCN(c2nc(-c3cccc(C(C)CCO)c3)c3c4c(cccc24)OC(=O)C(=O)O3)CC1. The summed E-state index contributed by atoms with van der Waals surface area (Å²) in [6, 6.07) is 13.3. The zero-order valence-electron chi connectivity index (χ0n) is 20.0. The Balaban J connectivity index is 1.72. The van der Waals surface area contributed by atoms with Crippen molar-refractivity contribution in [2.75, 3.05) is 44.2 Å². The van der Waals surface area contributed by atoms with E-state index in [1.54, 1.807) is 12.1 Å². The van der Waals surface area contributed by atoms with Crippen molar-refractivity contribution in [3.05, 3.63) is 48.0 Å². The number of nitrogens with zero attached hydrogens (tertiary/aromatic N) is 3. The molecular formula is C27H29N3O5. The number of carbonyl (C=O) groups is 2. The van der Waals surface area contributed by atoms with Gasteiger partial charge < -0.3 is 24.4 Å². The van der Waals surface area contributed by atoms with Crippen molar-refractivity contribution >= 4 is 28.5 Å². The van der Waals surface area contributed by atoms with E-state index in [9.17, 15) is 14.7 Å². The van der Waals surface area contributed by atoms with Crippen molar-refractivity contribution in [3.8, 4) is 22.8 Å². The van der Waals surface area contributed by atoms with Gasteiger partial charge in [0.1, 0.15) is 17.3 Å². The topological polar surface area (TPSA) is 92.2 Å². The van der Waals surface area contributed by atoms with Gasteiger partial charge in [0, 0.05) is 43.7 Å². The summed E-state index contributed by atoms with van der Waals surface area (Å²) in [6.07, 6.45) is 0.635. The number of aliphatic hydroxyl groups is 1. The number of anilines is 1. The van der Waals surface area contributed by atoms with E-state index in [-0.39, 0.29) is 24.0 Å². The minimum atomic E-state index is -1.07. The van der Waals surface area contributed by atoms with Crippen molar-refractivity contribution in [1.29, 1.82) is 0 Å². The zero-order chi connectivity index (χ0) is 24.5. The van der Waals surface area contributed by atoms with Crippen LogP contribution in [0.25, 0.3) is 22.0 Å². The first kappa shape index (κ1) is 23.3. The largest absolute Gasteiger partial charge is 0.423 e. The average molecular weight is 476 g/mol. The second-order valence-electron chi connectivity index (χ2n) is 9.03. The predicted molar refractivity (Wildman–Crippen MR) is 133 cm³/mol. The van der Waals surface area contributed by atoms with Crippen LogP contribution in [-0.4, -0.2) is 66.3 Å². The second-order valence-corrected chi connectivity index (χ2v) is 9.03. The fourth-order valence-corrected chi connectivity index (χ4v) is 4.81. The van der Waals surface area contributed by atoms with Gasteiger partial charge in [-0.25, -0.2) is 14.6 Å². The Kier molecular flexibility index (Phi) is 6.40. The van der Waals surface area contributed by atoms with Gasteiger partial charge in [0.15, 0.2) is 5.75 Å². The number of benzene rings is 2. The normalized spacial score (nSPS) is 17.2. The summed E-state index contributed by atoms with van der Waals surface area (Å²) in [6.45, 7) is 8.79. The number of aliphatic hydroxyl groups excluding tert-OH is 1. The molecule has 0 spiro atoms. The Hall–Kier alpha value is -3.49. The molecule has 0 amide bonds. The lowest BCUT2D eigenvalue weighted by Gasteiger charge is -2.35. The number of esters is 2. The van der Waals surface area contributed by atoms with E-state index >= 15 is 0 Å². The quantitative estimate of drug-likeness (QED) is 0.330. The lowest BCUT2D eigenvalue weighted by Crippen LogP contribution is -2.46. The first-order valence-corrected chi connectivity index (χ1v) is 12.1. The number of aromatic nitrogens is 1. The third kappa shape index (κ3) is 4.35. The third-order valence-corrected chi connectivity index (χ3v) is 6.90. The van der Waals surface area contributed by atoms with Gasteiger partial charge in [-0.15, -0.1) is 0 Å². The van der Waals surface area contributed by atoms with Crippen LogP contribution in [0.3, 0.4) is 0 Å². The van der Waals surface area contributed by atoms with Crippen LogP contribution >= 0.6 is 0 Å². The summed E-state index contributed by atoms with van der Waals surface area (Å²) in [7, 11) is 0. The number of likely N-dealkylation sites (N-methyl/N-ethyl adjacent to an activating group) is 1. The maximum Gasteiger partial charge on any atom is 0.423 e. The molecule has 3 aromatic rings. The van der Waals surface area contributed by atoms with Crippen molar-refractivity contribution in [3.63, 3.8) is 0 Å². The molecule has 8 nitrogen and oxygen atoms in total. The first-order valence-electron chi connectivity index (χ1n) is 12.1. The van der Waals surface area contributed by atoms with Gasteiger partial charge in [-0.1, -0.05) is 44.2 Å². The molecule has 5 rings (SSSR count). The first-order chi connectivity index (χ1) is 17.0. The van der Waals surface area contributed by atoms with Crippen LogP contribution < -0.4 is 14.4 Å². The molecular weight excluding hydrogens is 446 g/mol. The van der Waals surface area contributed by atoms with Gasteiger partial charge in [-0.3, -0.25) is 0 Å². The highest BCUT2D eigenvalue weighted by atomic mass is 16.6. The predicted octanol–water partition coefficient (Wildman–Crippen LogP) is 3.35. The van der Waals surface area contributed by atoms with Crippen LogP contribution in [0.4, 0.5) is 5.82 Å². The Morgan fingerprint density at radius 2 is 1.77 bits per heavy atom. The summed E-state index contributed by atoms with van der Waals surface area (Å²) in [5.74, 6) is -0.685. The molecule has 1 unspecified atom stereocenters. The van der Waals surface area contributed by atoms with Gasteiger partial charge >= 0.3 is 11.9 Å². The molecule has 8 heteroatoms. The fourth-order valence-electron chi connectivity index (χ4n) is 4.81. The summed E-state index contributed by atoms with van der Waals surface area (Å²) in [5, 5.41) is 10.7. The standard InChI is InChI=1S/C27H29N3O5/c1-3-29-11-13-30(14-12-29)25-20-8-5-9-21-22(20)24(35-27(33)26(32)34-21)23(28-25)19-7-4-6-18(16-19)17(2)10-15-31/h4-9,16-17,31H,3,10-15H2,1-2H3. The van der Waals surface area contributed by atoms with Crippen LogP contribution in [0, 0.1) is 0 Å². The van der Waals surface area contributed by atoms with E-state index in [4.69, 9.17) is 14.5 Å². The van der Waals surface area contributed by atoms with Gasteiger partial charge in [-0.05, 0) is 36.6 Å². The highest BCUT2D eigenvalue weighted by molar-refractivity contribution is 6.32. The fraction of sp³-hybridized carbons (Fsp3) is 0.370. The number of ether oxygens (including phenoxy) is 2. The van der Waals surface area contributed by atoms with E-state index in [1.165, 1.54) is 0 Å². The van der Waals surface area contributed by atoms with Crippen LogP contribution in [0.2, 0.25) is 0 Å². The lowest BCUT2D eigenvalue weighted by molar-refractivity contribution is -0.155. The number of piperazine rings is 1. The Labute approximate surface area is 204 Å². The smallest absolute Gasteiger partial charge is 0.417 e. The monoisotopic (exact) mass is 475 g/mol. The molecule has 3 heterocycles. The van der Waals surface area contributed by atoms with Crippen LogP contribution in [-0.2, 0) is 9.59 Å². The highest BCUT2D eigenvalue weighted by Crippen LogP contribution is 2.45. The zero-order valence-corrected chi connectivity index (χ0v) is 20.0. The van der Waals surface area contributed by atoms with Crippen molar-refractivity contribution in [2.45, 2.75) is 26.2 Å². The molecule has 0 bridgehead atoms. The number of rotatable bonds is 6. The van der Waals surface area contributed by atoms with Crippen LogP contribution in [0.1, 0.15) is 31.7 Å². The lowest BCUT2D eigenvalue weighted by atomic mass is 9.95. The molecule has 1 atom stereocenters. The van der Waals surface area contributed by atoms with Crippen LogP contribution in [0.15, 0.2) is 42.5 Å². The van der Waals surface area contributed by atoms with E-state index in [0.29, 0.717) is 17.5 Å². The maximum atomic E-state index is 12.5. The highest BCUT2D eigenvalue weighted by Gasteiger charge is 2.32. The molecule has 0 saturated carbocycles. The Bertz CT molecular complexity index is 1280. The summed E-state index contributed by atoms with van der Waals surface area (Å²) in [4.78, 5) is 34.4. The molecule has 182 valence electrons. The molecule has 2 aromatic carbocycles. The number of hydrogen-bond donors (Lipinski definition) is 1. The van der Waals surface area contributed by atoms with Crippen molar-refractivity contribution in [2.24, 2.45) is 0 Å². The molecule has 1 fully saturated rings. The third-order valence-electron chi connectivity index (χ3n) is 6.90. The molecule has 0 aliphatic carbocycles. The minimum Gasteiger partial charge on any atom is -0.417 e. The molecule has 1 aromatic heterocycles. The molecule has 35 heavy (non-hydrogen) atoms. The summed E-state index contributed by atoms with van der Waals surface area (Å²) >= 11 is 0. The van der Waals surface area contributed by atoms with Gasteiger partial charge in [0.05, 0.1) is 5.39 Å². The van der Waals surface area contributed by atoms with Gasteiger partial charge in [-0.2, -0.15) is 0 Å². The average Bonchev–Trinajstić information content (AvgIpc) is 3.01.